The molecule has 0 aliphatic rings. The van der Waals surface area contributed by atoms with Crippen molar-refractivity contribution in [2.45, 2.75) is 13.8 Å². The number of nitrogens with zero attached hydrogens (tertiary/aromatic N) is 2. The predicted molar refractivity (Wildman–Crippen MR) is 100 cm³/mol. The number of aryl methyl sites for hydroxylation is 1. The van der Waals surface area contributed by atoms with Gasteiger partial charge >= 0.3 is 0 Å². The van der Waals surface area contributed by atoms with Crippen LogP contribution in [0.2, 0.25) is 0 Å². The lowest BCUT2D eigenvalue weighted by molar-refractivity contribution is 0.102. The normalized spacial score (nSPS) is 10.6. The van der Waals surface area contributed by atoms with Crippen molar-refractivity contribution < 1.29 is 4.79 Å². The Balaban J connectivity index is 1.86. The van der Waals surface area contributed by atoms with Crippen LogP contribution in [-0.4, -0.2) is 15.7 Å². The molecule has 5 heteroatoms. The summed E-state index contributed by atoms with van der Waals surface area (Å²) in [4.78, 5) is 12.5. The first-order valence-corrected chi connectivity index (χ1v) is 8.31. The Morgan fingerprint density at radius 3 is 2.57 bits per heavy atom. The number of hydrogen-bond donors (Lipinski definition) is 1. The molecule has 1 N–H and O–H groups in total. The monoisotopic (exact) mass is 417 g/mol. The molecule has 0 radical (unpaired) electrons. The lowest BCUT2D eigenvalue weighted by Gasteiger charge is -2.08. The van der Waals surface area contributed by atoms with Gasteiger partial charge in [-0.15, -0.1) is 0 Å². The first kappa shape index (κ1) is 15.7. The van der Waals surface area contributed by atoms with Gasteiger partial charge in [-0.25, -0.2) is 4.68 Å². The summed E-state index contributed by atoms with van der Waals surface area (Å²) in [6.07, 6.45) is 1.61. The highest BCUT2D eigenvalue weighted by atomic mass is 127. The molecule has 23 heavy (non-hydrogen) atoms. The zero-order chi connectivity index (χ0) is 16.4. The summed E-state index contributed by atoms with van der Waals surface area (Å²) in [6.45, 7) is 3.94. The second kappa shape index (κ2) is 6.54. The van der Waals surface area contributed by atoms with E-state index in [-0.39, 0.29) is 5.91 Å². The molecule has 1 aromatic heterocycles. The molecular formula is C18H16IN3O. The predicted octanol–water partition coefficient (Wildman–Crippen LogP) is 4.35. The topological polar surface area (TPSA) is 46.9 Å². The maximum Gasteiger partial charge on any atom is 0.259 e. The number of benzene rings is 2. The number of nitrogens with one attached hydrogen (secondary N) is 1. The van der Waals surface area contributed by atoms with Gasteiger partial charge in [0.25, 0.3) is 5.91 Å². The lowest BCUT2D eigenvalue weighted by Crippen LogP contribution is -2.13. The summed E-state index contributed by atoms with van der Waals surface area (Å²) in [5.41, 5.74) is 4.31. The van der Waals surface area contributed by atoms with Crippen LogP contribution in [0.5, 0.6) is 0 Å². The van der Waals surface area contributed by atoms with Crippen LogP contribution in [0.25, 0.3) is 5.69 Å². The molecule has 116 valence electrons. The van der Waals surface area contributed by atoms with Crippen molar-refractivity contribution in [2.75, 3.05) is 5.32 Å². The molecule has 0 bridgehead atoms. The maximum atomic E-state index is 12.5. The van der Waals surface area contributed by atoms with Crippen molar-refractivity contribution in [3.8, 4) is 5.69 Å². The molecule has 4 nitrogen and oxygen atoms in total. The Hall–Kier alpha value is -2.15. The van der Waals surface area contributed by atoms with E-state index in [1.54, 1.807) is 10.9 Å². The Bertz CT molecular complexity index is 856. The van der Waals surface area contributed by atoms with Crippen LogP contribution < -0.4 is 5.32 Å². The number of aromatic nitrogens is 2. The highest BCUT2D eigenvalue weighted by Gasteiger charge is 2.15. The summed E-state index contributed by atoms with van der Waals surface area (Å²) < 4.78 is 2.89. The minimum Gasteiger partial charge on any atom is -0.322 e. The van der Waals surface area contributed by atoms with Gasteiger partial charge in [0, 0.05) is 9.26 Å². The van der Waals surface area contributed by atoms with E-state index in [9.17, 15) is 4.79 Å². The largest absolute Gasteiger partial charge is 0.322 e. The molecule has 2 aromatic carbocycles. The summed E-state index contributed by atoms with van der Waals surface area (Å²) in [6, 6.07) is 15.6. The highest BCUT2D eigenvalue weighted by molar-refractivity contribution is 14.1. The average molecular weight is 417 g/mol. The van der Waals surface area contributed by atoms with Crippen molar-refractivity contribution in [3.63, 3.8) is 0 Å². The van der Waals surface area contributed by atoms with Gasteiger partial charge in [-0.1, -0.05) is 24.3 Å². The third kappa shape index (κ3) is 3.29. The number of hydrogen-bond acceptors (Lipinski definition) is 2. The van der Waals surface area contributed by atoms with E-state index in [1.165, 1.54) is 5.56 Å². The molecule has 0 saturated carbocycles. The summed E-state index contributed by atoms with van der Waals surface area (Å²) in [5, 5.41) is 7.27. The van der Waals surface area contributed by atoms with Gasteiger partial charge in [-0.2, -0.15) is 5.10 Å². The minimum atomic E-state index is -0.149. The number of carbonyl (C=O) groups excluding carboxylic acids is 1. The van der Waals surface area contributed by atoms with Crippen LogP contribution >= 0.6 is 22.6 Å². The zero-order valence-electron chi connectivity index (χ0n) is 12.9. The lowest BCUT2D eigenvalue weighted by atomic mass is 10.2. The molecule has 0 spiro atoms. The molecule has 0 saturated heterocycles. The van der Waals surface area contributed by atoms with Gasteiger partial charge in [0.05, 0.1) is 23.1 Å². The Kier molecular flexibility index (Phi) is 4.47. The van der Waals surface area contributed by atoms with E-state index in [0.29, 0.717) is 5.56 Å². The molecule has 3 aromatic rings. The van der Waals surface area contributed by atoms with Crippen LogP contribution in [0.1, 0.15) is 21.6 Å². The van der Waals surface area contributed by atoms with E-state index < -0.39 is 0 Å². The first-order chi connectivity index (χ1) is 11.1. The van der Waals surface area contributed by atoms with Gasteiger partial charge in [0.2, 0.25) is 0 Å². The fraction of sp³-hybridized carbons (Fsp3) is 0.111. The number of halogens is 1. The van der Waals surface area contributed by atoms with E-state index in [0.717, 1.165) is 20.6 Å². The second-order valence-corrected chi connectivity index (χ2v) is 6.47. The molecule has 0 fully saturated rings. The van der Waals surface area contributed by atoms with E-state index in [1.807, 2.05) is 62.4 Å². The Labute approximate surface area is 148 Å². The summed E-state index contributed by atoms with van der Waals surface area (Å²) in [7, 11) is 0. The number of anilines is 1. The molecular weight excluding hydrogens is 401 g/mol. The smallest absolute Gasteiger partial charge is 0.259 e. The maximum absolute atomic E-state index is 12.5. The van der Waals surface area contributed by atoms with E-state index in [2.05, 4.69) is 33.0 Å². The second-order valence-electron chi connectivity index (χ2n) is 5.31. The zero-order valence-corrected chi connectivity index (χ0v) is 15.0. The Morgan fingerprint density at radius 1 is 1.13 bits per heavy atom. The van der Waals surface area contributed by atoms with Crippen LogP contribution in [0.15, 0.2) is 54.7 Å². The van der Waals surface area contributed by atoms with Crippen molar-refractivity contribution in [2.24, 2.45) is 0 Å². The van der Waals surface area contributed by atoms with Crippen LogP contribution in [-0.2, 0) is 0 Å². The van der Waals surface area contributed by atoms with Crippen LogP contribution in [0.4, 0.5) is 5.69 Å². The molecule has 0 aliphatic carbocycles. The SMILES string of the molecule is Cc1ccc(NC(=O)c2cnn(-c3ccccc3)c2C)cc1I. The molecule has 0 aliphatic heterocycles. The number of rotatable bonds is 3. The molecule has 0 atom stereocenters. The fourth-order valence-corrected chi connectivity index (χ4v) is 2.85. The van der Waals surface area contributed by atoms with Crippen molar-refractivity contribution in [1.29, 1.82) is 0 Å². The van der Waals surface area contributed by atoms with Gasteiger partial charge in [0.15, 0.2) is 0 Å². The fourth-order valence-electron chi connectivity index (χ4n) is 2.33. The minimum absolute atomic E-state index is 0.149. The molecule has 1 heterocycles. The quantitative estimate of drug-likeness (QED) is 0.645. The molecule has 3 rings (SSSR count). The van der Waals surface area contributed by atoms with E-state index >= 15 is 0 Å². The summed E-state index contributed by atoms with van der Waals surface area (Å²) in [5.74, 6) is -0.149. The molecule has 1 amide bonds. The third-order valence-electron chi connectivity index (χ3n) is 3.68. The molecule has 0 unspecified atom stereocenters. The van der Waals surface area contributed by atoms with Crippen LogP contribution in [0.3, 0.4) is 0 Å². The first-order valence-electron chi connectivity index (χ1n) is 7.24. The number of amides is 1. The number of para-hydroxylation sites is 1. The van der Waals surface area contributed by atoms with Crippen molar-refractivity contribution in [3.05, 3.63) is 75.1 Å². The number of carbonyl (C=O) groups is 1. The van der Waals surface area contributed by atoms with Gasteiger partial charge in [-0.3, -0.25) is 4.79 Å². The third-order valence-corrected chi connectivity index (χ3v) is 4.85. The van der Waals surface area contributed by atoms with Gasteiger partial charge < -0.3 is 5.32 Å². The van der Waals surface area contributed by atoms with Crippen molar-refractivity contribution >= 4 is 34.2 Å². The van der Waals surface area contributed by atoms with Crippen LogP contribution in [0, 0.1) is 17.4 Å². The Morgan fingerprint density at radius 2 is 1.87 bits per heavy atom. The van der Waals surface area contributed by atoms with E-state index in [4.69, 9.17) is 0 Å². The van der Waals surface area contributed by atoms with Gasteiger partial charge in [0.1, 0.15) is 0 Å². The van der Waals surface area contributed by atoms with Gasteiger partial charge in [-0.05, 0) is 66.3 Å². The summed E-state index contributed by atoms with van der Waals surface area (Å²) >= 11 is 2.26. The standard InChI is InChI=1S/C18H16IN3O/c1-12-8-9-14(10-17(12)19)21-18(23)16-11-20-22(13(16)2)15-6-4-3-5-7-15/h3-11H,1-2H3,(H,21,23). The van der Waals surface area contributed by atoms with Crippen molar-refractivity contribution in [1.82, 2.24) is 9.78 Å². The average Bonchev–Trinajstić information content (AvgIpc) is 2.93. The highest BCUT2D eigenvalue weighted by Crippen LogP contribution is 2.19.